The van der Waals surface area contributed by atoms with Crippen molar-refractivity contribution in [1.82, 2.24) is 5.43 Å². The van der Waals surface area contributed by atoms with Crippen molar-refractivity contribution in [3.63, 3.8) is 0 Å². The molecule has 0 aliphatic carbocycles. The minimum absolute atomic E-state index is 0.685. The van der Waals surface area contributed by atoms with Crippen LogP contribution in [0, 0.1) is 6.92 Å². The Morgan fingerprint density at radius 2 is 2.15 bits per heavy atom. The van der Waals surface area contributed by atoms with Crippen LogP contribution < -0.4 is 11.3 Å². The van der Waals surface area contributed by atoms with Gasteiger partial charge in [0.2, 0.25) is 0 Å². The van der Waals surface area contributed by atoms with E-state index in [2.05, 4.69) is 26.3 Å². The third-order valence-corrected chi connectivity index (χ3v) is 2.13. The third-order valence-electron chi connectivity index (χ3n) is 1.68. The Hall–Kier alpha value is -0.870. The molecule has 0 bridgehead atoms. The van der Waals surface area contributed by atoms with Crippen molar-refractivity contribution in [2.45, 2.75) is 6.92 Å². The summed E-state index contributed by atoms with van der Waals surface area (Å²) in [6.07, 6.45) is 0. The summed E-state index contributed by atoms with van der Waals surface area (Å²) in [7, 11) is 1.70. The molecular formula is C9H12BrN3. The number of nitrogens with two attached hydrogens (primary N) is 1. The Morgan fingerprint density at radius 3 is 2.62 bits per heavy atom. The van der Waals surface area contributed by atoms with E-state index in [0.717, 1.165) is 10.0 Å². The third kappa shape index (κ3) is 2.54. The van der Waals surface area contributed by atoms with Gasteiger partial charge in [-0.25, -0.2) is 5.84 Å². The lowest BCUT2D eigenvalue weighted by atomic mass is 10.1. The summed E-state index contributed by atoms with van der Waals surface area (Å²) < 4.78 is 1.03. The monoisotopic (exact) mass is 241 g/mol. The molecule has 0 aromatic heterocycles. The average Bonchev–Trinajstić information content (AvgIpc) is 2.04. The van der Waals surface area contributed by atoms with Gasteiger partial charge in [-0.1, -0.05) is 15.9 Å². The zero-order chi connectivity index (χ0) is 9.84. The molecule has 1 aromatic carbocycles. The molecule has 3 N–H and O–H groups in total. The summed E-state index contributed by atoms with van der Waals surface area (Å²) in [6, 6.07) is 6.02. The highest BCUT2D eigenvalue weighted by atomic mass is 79.9. The average molecular weight is 242 g/mol. The molecule has 13 heavy (non-hydrogen) atoms. The van der Waals surface area contributed by atoms with Gasteiger partial charge < -0.3 is 5.43 Å². The second-order valence-corrected chi connectivity index (χ2v) is 3.65. The lowest BCUT2D eigenvalue weighted by molar-refractivity contribution is 1.02. The second kappa shape index (κ2) is 4.39. The van der Waals surface area contributed by atoms with Crippen LogP contribution in [-0.2, 0) is 0 Å². The molecular weight excluding hydrogens is 230 g/mol. The summed E-state index contributed by atoms with van der Waals surface area (Å²) in [5.74, 6) is 6.00. The number of benzene rings is 1. The van der Waals surface area contributed by atoms with Crippen molar-refractivity contribution in [2.24, 2.45) is 10.8 Å². The molecule has 0 heterocycles. The van der Waals surface area contributed by atoms with E-state index in [1.54, 1.807) is 7.05 Å². The molecule has 1 aromatic rings. The zero-order valence-electron chi connectivity index (χ0n) is 7.63. The Balaban J connectivity index is 3.14. The number of rotatable bonds is 1. The maximum Gasteiger partial charge on any atom is 0.142 e. The number of aliphatic imine (C=N–C) groups is 1. The van der Waals surface area contributed by atoms with Gasteiger partial charge in [-0.05, 0) is 30.7 Å². The number of hydrogen-bond acceptors (Lipinski definition) is 2. The molecule has 70 valence electrons. The number of hydrogen-bond donors (Lipinski definition) is 2. The lowest BCUT2D eigenvalue weighted by Crippen LogP contribution is -2.31. The summed E-state index contributed by atoms with van der Waals surface area (Å²) >= 11 is 3.42. The van der Waals surface area contributed by atoms with Gasteiger partial charge in [-0.15, -0.1) is 0 Å². The normalized spacial score (nSPS) is 11.5. The van der Waals surface area contributed by atoms with Crippen LogP contribution >= 0.6 is 15.9 Å². The Bertz CT molecular complexity index is 313. The Labute approximate surface area is 86.1 Å². The van der Waals surface area contributed by atoms with Crippen molar-refractivity contribution in [3.8, 4) is 0 Å². The summed E-state index contributed by atoms with van der Waals surface area (Å²) in [5, 5.41) is 0. The molecule has 0 radical (unpaired) electrons. The highest BCUT2D eigenvalue weighted by molar-refractivity contribution is 9.10. The van der Waals surface area contributed by atoms with Crippen molar-refractivity contribution < 1.29 is 0 Å². The van der Waals surface area contributed by atoms with Crippen LogP contribution in [0.1, 0.15) is 11.1 Å². The van der Waals surface area contributed by atoms with Crippen LogP contribution in [0.5, 0.6) is 0 Å². The molecule has 0 amide bonds. The first kappa shape index (κ1) is 10.2. The fraction of sp³-hybridized carbons (Fsp3) is 0.222. The van der Waals surface area contributed by atoms with E-state index in [0.29, 0.717) is 5.84 Å². The molecule has 0 saturated carbocycles. The van der Waals surface area contributed by atoms with Gasteiger partial charge in [0.15, 0.2) is 0 Å². The van der Waals surface area contributed by atoms with Gasteiger partial charge in [-0.2, -0.15) is 0 Å². The van der Waals surface area contributed by atoms with Crippen LogP contribution in [0.2, 0.25) is 0 Å². The van der Waals surface area contributed by atoms with Gasteiger partial charge in [-0.3, -0.25) is 4.99 Å². The number of nitrogens with zero attached hydrogens (tertiary/aromatic N) is 1. The zero-order valence-corrected chi connectivity index (χ0v) is 9.22. The van der Waals surface area contributed by atoms with Crippen molar-refractivity contribution in [2.75, 3.05) is 7.05 Å². The fourth-order valence-electron chi connectivity index (χ4n) is 1.15. The SMILES string of the molecule is CN=C(NN)c1cc(C)cc(Br)c1. The van der Waals surface area contributed by atoms with E-state index in [1.165, 1.54) is 5.56 Å². The minimum Gasteiger partial charge on any atom is -0.308 e. The quantitative estimate of drug-likeness (QED) is 0.340. The van der Waals surface area contributed by atoms with E-state index in [1.807, 2.05) is 25.1 Å². The molecule has 1 rings (SSSR count). The van der Waals surface area contributed by atoms with Gasteiger partial charge in [0, 0.05) is 17.1 Å². The number of nitrogens with one attached hydrogen (secondary N) is 1. The van der Waals surface area contributed by atoms with Crippen LogP contribution in [0.3, 0.4) is 0 Å². The van der Waals surface area contributed by atoms with E-state index >= 15 is 0 Å². The van der Waals surface area contributed by atoms with Crippen molar-refractivity contribution in [3.05, 3.63) is 33.8 Å². The van der Waals surface area contributed by atoms with E-state index in [4.69, 9.17) is 5.84 Å². The van der Waals surface area contributed by atoms with Crippen LogP contribution in [0.25, 0.3) is 0 Å². The Morgan fingerprint density at radius 1 is 1.46 bits per heavy atom. The second-order valence-electron chi connectivity index (χ2n) is 2.73. The van der Waals surface area contributed by atoms with E-state index < -0.39 is 0 Å². The first-order chi connectivity index (χ1) is 6.17. The van der Waals surface area contributed by atoms with Crippen molar-refractivity contribution in [1.29, 1.82) is 0 Å². The lowest BCUT2D eigenvalue weighted by Gasteiger charge is -2.06. The molecule has 0 unspecified atom stereocenters. The maximum absolute atomic E-state index is 5.32. The summed E-state index contributed by atoms with van der Waals surface area (Å²) in [5.41, 5.74) is 4.70. The molecule has 0 aliphatic heterocycles. The Kier molecular flexibility index (Phi) is 3.45. The standard InChI is InChI=1S/C9H12BrN3/c1-6-3-7(5-8(10)4-6)9(12-2)13-11/h3-5H,11H2,1-2H3,(H,12,13). The van der Waals surface area contributed by atoms with Gasteiger partial charge in [0.25, 0.3) is 0 Å². The molecule has 0 fully saturated rings. The van der Waals surface area contributed by atoms with Gasteiger partial charge in [0.1, 0.15) is 5.84 Å². The number of amidine groups is 1. The first-order valence-corrected chi connectivity index (χ1v) is 4.67. The molecule has 4 heteroatoms. The summed E-state index contributed by atoms with van der Waals surface area (Å²) in [4.78, 5) is 4.02. The molecule has 0 spiro atoms. The number of aryl methyl sites for hydroxylation is 1. The number of halogens is 1. The smallest absolute Gasteiger partial charge is 0.142 e. The molecule has 0 saturated heterocycles. The van der Waals surface area contributed by atoms with Crippen LogP contribution in [-0.4, -0.2) is 12.9 Å². The van der Waals surface area contributed by atoms with Crippen LogP contribution in [0.15, 0.2) is 27.7 Å². The minimum atomic E-state index is 0.685. The maximum atomic E-state index is 5.32. The van der Waals surface area contributed by atoms with Crippen LogP contribution in [0.4, 0.5) is 0 Å². The van der Waals surface area contributed by atoms with E-state index in [9.17, 15) is 0 Å². The fourth-order valence-corrected chi connectivity index (χ4v) is 1.76. The highest BCUT2D eigenvalue weighted by Gasteiger charge is 2.01. The predicted molar refractivity (Wildman–Crippen MR) is 58.7 cm³/mol. The topological polar surface area (TPSA) is 50.4 Å². The summed E-state index contributed by atoms with van der Waals surface area (Å²) in [6.45, 7) is 2.03. The van der Waals surface area contributed by atoms with E-state index in [-0.39, 0.29) is 0 Å². The van der Waals surface area contributed by atoms with Gasteiger partial charge in [0.05, 0.1) is 0 Å². The largest absolute Gasteiger partial charge is 0.308 e. The predicted octanol–water partition coefficient (Wildman–Crippen LogP) is 1.60. The first-order valence-electron chi connectivity index (χ1n) is 3.88. The molecule has 3 nitrogen and oxygen atoms in total. The number of hydrazine groups is 1. The molecule has 0 aliphatic rings. The highest BCUT2D eigenvalue weighted by Crippen LogP contribution is 2.15. The molecule has 0 atom stereocenters. The van der Waals surface area contributed by atoms with Crippen molar-refractivity contribution >= 4 is 21.8 Å². The van der Waals surface area contributed by atoms with Gasteiger partial charge >= 0.3 is 0 Å².